The summed E-state index contributed by atoms with van der Waals surface area (Å²) >= 11 is 0. The fraction of sp³-hybridized carbons (Fsp3) is 1.00. The molecule has 0 rings (SSSR count). The van der Waals surface area contributed by atoms with Crippen LogP contribution in [-0.2, 0) is 14.8 Å². The van der Waals surface area contributed by atoms with Gasteiger partial charge in [-0.05, 0) is 20.9 Å². The van der Waals surface area contributed by atoms with Crippen molar-refractivity contribution in [1.82, 2.24) is 10.0 Å². The molecule has 0 heterocycles. The summed E-state index contributed by atoms with van der Waals surface area (Å²) in [7, 11) is -1.67. The van der Waals surface area contributed by atoms with E-state index in [1.807, 2.05) is 13.8 Å². The quantitative estimate of drug-likeness (QED) is 0.586. The van der Waals surface area contributed by atoms with E-state index in [9.17, 15) is 8.42 Å². The number of hydrogen-bond donors (Lipinski definition) is 2. The maximum atomic E-state index is 11.0. The van der Waals surface area contributed by atoms with Gasteiger partial charge in [0.1, 0.15) is 0 Å². The third kappa shape index (κ3) is 7.25. The van der Waals surface area contributed by atoms with Gasteiger partial charge in [0, 0.05) is 19.2 Å². The fourth-order valence-corrected chi connectivity index (χ4v) is 1.49. The van der Waals surface area contributed by atoms with Crippen LogP contribution in [0.2, 0.25) is 0 Å². The van der Waals surface area contributed by atoms with Gasteiger partial charge in [0.05, 0.1) is 12.4 Å². The molecule has 5 nitrogen and oxygen atoms in total. The molecular formula is C8H20N2O3S. The van der Waals surface area contributed by atoms with Gasteiger partial charge in [0.15, 0.2) is 0 Å². The van der Waals surface area contributed by atoms with E-state index in [-0.39, 0.29) is 11.8 Å². The van der Waals surface area contributed by atoms with Crippen molar-refractivity contribution in [3.8, 4) is 0 Å². The van der Waals surface area contributed by atoms with Crippen LogP contribution >= 0.6 is 0 Å². The molecule has 0 aliphatic rings. The predicted molar refractivity (Wildman–Crippen MR) is 56.8 cm³/mol. The summed E-state index contributed by atoms with van der Waals surface area (Å²) in [6.45, 7) is 5.62. The van der Waals surface area contributed by atoms with Crippen LogP contribution in [0.15, 0.2) is 0 Å². The summed E-state index contributed by atoms with van der Waals surface area (Å²) in [5, 5.41) is 3.06. The lowest BCUT2D eigenvalue weighted by atomic mass is 10.3. The second-order valence-electron chi connectivity index (χ2n) is 3.04. The van der Waals surface area contributed by atoms with Crippen LogP contribution in [0, 0.1) is 0 Å². The topological polar surface area (TPSA) is 67.4 Å². The number of hydrogen-bond acceptors (Lipinski definition) is 4. The van der Waals surface area contributed by atoms with E-state index in [0.29, 0.717) is 19.8 Å². The van der Waals surface area contributed by atoms with E-state index < -0.39 is 10.0 Å². The van der Waals surface area contributed by atoms with Crippen LogP contribution in [-0.4, -0.2) is 47.0 Å². The molecule has 0 aromatic carbocycles. The van der Waals surface area contributed by atoms with E-state index in [0.717, 1.165) is 0 Å². The van der Waals surface area contributed by atoms with Crippen LogP contribution in [0.5, 0.6) is 0 Å². The Kier molecular flexibility index (Phi) is 7.08. The highest BCUT2D eigenvalue weighted by molar-refractivity contribution is 7.89. The molecule has 14 heavy (non-hydrogen) atoms. The van der Waals surface area contributed by atoms with E-state index in [1.165, 1.54) is 7.05 Å². The van der Waals surface area contributed by atoms with Crippen molar-refractivity contribution < 1.29 is 13.2 Å². The Balaban J connectivity index is 3.54. The molecule has 0 saturated carbocycles. The van der Waals surface area contributed by atoms with E-state index in [2.05, 4.69) is 10.0 Å². The van der Waals surface area contributed by atoms with Gasteiger partial charge in [0.25, 0.3) is 0 Å². The number of rotatable bonds is 8. The molecule has 86 valence electrons. The van der Waals surface area contributed by atoms with Crippen LogP contribution in [0.4, 0.5) is 0 Å². The minimum Gasteiger partial charge on any atom is -0.380 e. The molecule has 1 unspecified atom stereocenters. The fourth-order valence-electron chi connectivity index (χ4n) is 0.895. The molecule has 0 amide bonds. The minimum absolute atomic E-state index is 0.0972. The highest BCUT2D eigenvalue weighted by Crippen LogP contribution is 1.85. The normalized spacial score (nSPS) is 14.2. The molecular weight excluding hydrogens is 204 g/mol. The van der Waals surface area contributed by atoms with Crippen LogP contribution in [0.3, 0.4) is 0 Å². The van der Waals surface area contributed by atoms with Gasteiger partial charge in [-0.2, -0.15) is 0 Å². The Hall–Kier alpha value is -0.170. The van der Waals surface area contributed by atoms with Gasteiger partial charge in [-0.15, -0.1) is 0 Å². The standard InChI is InChI=1S/C8H20N2O3S/c1-4-13-7-8(2)10-5-6-14(11,12)9-3/h8-10H,4-7H2,1-3H3. The molecule has 1 atom stereocenters. The zero-order valence-corrected chi connectivity index (χ0v) is 9.86. The Morgan fingerprint density at radius 3 is 2.57 bits per heavy atom. The first-order chi connectivity index (χ1) is 6.52. The Labute approximate surface area is 86.3 Å². The highest BCUT2D eigenvalue weighted by atomic mass is 32.2. The second-order valence-corrected chi connectivity index (χ2v) is 5.08. The summed E-state index contributed by atoms with van der Waals surface area (Å²) in [5.41, 5.74) is 0. The lowest BCUT2D eigenvalue weighted by molar-refractivity contribution is 0.128. The van der Waals surface area contributed by atoms with Crippen LogP contribution in [0.1, 0.15) is 13.8 Å². The van der Waals surface area contributed by atoms with Gasteiger partial charge >= 0.3 is 0 Å². The summed E-state index contributed by atoms with van der Waals surface area (Å²) < 4.78 is 29.5. The summed E-state index contributed by atoms with van der Waals surface area (Å²) in [4.78, 5) is 0. The molecule has 0 aromatic rings. The molecule has 0 spiro atoms. The van der Waals surface area contributed by atoms with E-state index in [4.69, 9.17) is 4.74 Å². The zero-order valence-electron chi connectivity index (χ0n) is 9.04. The molecule has 0 aliphatic carbocycles. The van der Waals surface area contributed by atoms with Crippen molar-refractivity contribution in [3.63, 3.8) is 0 Å². The maximum Gasteiger partial charge on any atom is 0.212 e. The van der Waals surface area contributed by atoms with Gasteiger partial charge in [0.2, 0.25) is 10.0 Å². The van der Waals surface area contributed by atoms with Crippen LogP contribution in [0.25, 0.3) is 0 Å². The molecule has 0 aliphatic heterocycles. The molecule has 0 bridgehead atoms. The molecule has 2 N–H and O–H groups in total. The van der Waals surface area contributed by atoms with Crippen molar-refractivity contribution in [1.29, 1.82) is 0 Å². The van der Waals surface area contributed by atoms with E-state index >= 15 is 0 Å². The lowest BCUT2D eigenvalue weighted by Crippen LogP contribution is -2.36. The largest absolute Gasteiger partial charge is 0.380 e. The number of ether oxygens (including phenoxy) is 1. The first-order valence-electron chi connectivity index (χ1n) is 4.74. The monoisotopic (exact) mass is 224 g/mol. The summed E-state index contributed by atoms with van der Waals surface area (Å²) in [5.74, 6) is 0.0972. The van der Waals surface area contributed by atoms with Crippen molar-refractivity contribution in [2.24, 2.45) is 0 Å². The van der Waals surface area contributed by atoms with Gasteiger partial charge in [-0.3, -0.25) is 0 Å². The van der Waals surface area contributed by atoms with E-state index in [1.54, 1.807) is 0 Å². The second kappa shape index (κ2) is 7.17. The Morgan fingerprint density at radius 1 is 1.43 bits per heavy atom. The first kappa shape index (κ1) is 13.8. The SMILES string of the molecule is CCOCC(C)NCCS(=O)(=O)NC. The number of nitrogens with one attached hydrogen (secondary N) is 2. The van der Waals surface area contributed by atoms with Gasteiger partial charge in [-0.1, -0.05) is 0 Å². The molecule has 6 heteroatoms. The summed E-state index contributed by atoms with van der Waals surface area (Å²) in [6, 6.07) is 0.182. The predicted octanol–water partition coefficient (Wildman–Crippen LogP) is -0.450. The maximum absolute atomic E-state index is 11.0. The zero-order chi connectivity index (χ0) is 11.0. The molecule has 0 saturated heterocycles. The smallest absolute Gasteiger partial charge is 0.212 e. The van der Waals surface area contributed by atoms with Gasteiger partial charge in [-0.25, -0.2) is 13.1 Å². The Morgan fingerprint density at radius 2 is 2.07 bits per heavy atom. The summed E-state index contributed by atoms with van der Waals surface area (Å²) in [6.07, 6.45) is 0. The third-order valence-corrected chi connectivity index (χ3v) is 3.11. The Bertz CT molecular complexity index is 229. The minimum atomic E-state index is -3.09. The first-order valence-corrected chi connectivity index (χ1v) is 6.39. The molecule has 0 fully saturated rings. The van der Waals surface area contributed by atoms with Crippen LogP contribution < -0.4 is 10.0 Å². The van der Waals surface area contributed by atoms with Crippen molar-refractivity contribution in [2.45, 2.75) is 19.9 Å². The third-order valence-electron chi connectivity index (χ3n) is 1.75. The molecule has 0 radical (unpaired) electrons. The average Bonchev–Trinajstić information content (AvgIpc) is 2.14. The molecule has 0 aromatic heterocycles. The van der Waals surface area contributed by atoms with Gasteiger partial charge < -0.3 is 10.1 Å². The average molecular weight is 224 g/mol. The van der Waals surface area contributed by atoms with Crippen molar-refractivity contribution in [2.75, 3.05) is 32.6 Å². The van der Waals surface area contributed by atoms with Crippen molar-refractivity contribution >= 4 is 10.0 Å². The highest BCUT2D eigenvalue weighted by Gasteiger charge is 2.07. The van der Waals surface area contributed by atoms with Crippen molar-refractivity contribution in [3.05, 3.63) is 0 Å². The number of sulfonamides is 1. The lowest BCUT2D eigenvalue weighted by Gasteiger charge is -2.13.